The number of pyridine rings is 1. The molecule has 0 aliphatic carbocycles. The van der Waals surface area contributed by atoms with E-state index in [0.29, 0.717) is 16.9 Å². The summed E-state index contributed by atoms with van der Waals surface area (Å²) in [5, 5.41) is 4.34. The Kier molecular flexibility index (Phi) is 2.72. The molecule has 0 aliphatic rings. The van der Waals surface area contributed by atoms with Crippen LogP contribution in [0.3, 0.4) is 0 Å². The van der Waals surface area contributed by atoms with Gasteiger partial charge in [0.2, 0.25) is 0 Å². The van der Waals surface area contributed by atoms with Gasteiger partial charge < -0.3 is 5.73 Å². The number of nitrogens with two attached hydrogens (primary N) is 1. The number of halogens is 1. The van der Waals surface area contributed by atoms with Crippen molar-refractivity contribution < 1.29 is 4.39 Å². The van der Waals surface area contributed by atoms with Gasteiger partial charge in [-0.05, 0) is 24.3 Å². The van der Waals surface area contributed by atoms with Crippen LogP contribution in [0, 0.1) is 5.82 Å². The topological polar surface area (TPSA) is 56.7 Å². The molecule has 2 N–H and O–H groups in total. The van der Waals surface area contributed by atoms with Gasteiger partial charge in [0.1, 0.15) is 11.5 Å². The molecule has 0 saturated heterocycles. The third kappa shape index (κ3) is 2.06. The minimum Gasteiger partial charge on any atom is -0.396 e. The van der Waals surface area contributed by atoms with Crippen LogP contribution >= 0.6 is 0 Å². The van der Waals surface area contributed by atoms with E-state index < -0.39 is 0 Å². The number of benzene rings is 1. The van der Waals surface area contributed by atoms with Crippen molar-refractivity contribution in [1.82, 2.24) is 14.8 Å². The van der Waals surface area contributed by atoms with Crippen LogP contribution in [-0.2, 0) is 0 Å². The highest BCUT2D eigenvalue weighted by molar-refractivity contribution is 5.72. The lowest BCUT2D eigenvalue weighted by atomic mass is 10.1. The summed E-state index contributed by atoms with van der Waals surface area (Å²) in [5.74, 6) is -0.339. The van der Waals surface area contributed by atoms with Crippen molar-refractivity contribution in [2.45, 2.75) is 0 Å². The Balaban J connectivity index is 2.11. The maximum absolute atomic E-state index is 13.8. The smallest absolute Gasteiger partial charge is 0.132 e. The maximum Gasteiger partial charge on any atom is 0.132 e. The number of hydrogen-bond acceptors (Lipinski definition) is 3. The molecule has 3 aromatic rings. The lowest BCUT2D eigenvalue weighted by Gasteiger charge is -2.00. The summed E-state index contributed by atoms with van der Waals surface area (Å²) >= 11 is 0. The molecule has 0 fully saturated rings. The first-order valence-corrected chi connectivity index (χ1v) is 5.76. The van der Waals surface area contributed by atoms with Crippen LogP contribution in [0.25, 0.3) is 16.9 Å². The SMILES string of the molecule is Nc1cn(-c2ccncc2)nc1-c1ccccc1F. The first kappa shape index (κ1) is 11.4. The van der Waals surface area contributed by atoms with Crippen LogP contribution < -0.4 is 5.73 Å². The summed E-state index contributed by atoms with van der Waals surface area (Å²) in [6.45, 7) is 0. The van der Waals surface area contributed by atoms with Crippen LogP contribution in [-0.4, -0.2) is 14.8 Å². The molecule has 0 saturated carbocycles. The van der Waals surface area contributed by atoms with Gasteiger partial charge in [-0.1, -0.05) is 12.1 Å². The second-order valence-electron chi connectivity index (χ2n) is 4.06. The first-order chi connectivity index (χ1) is 9.25. The van der Waals surface area contributed by atoms with E-state index in [1.54, 1.807) is 53.6 Å². The average Bonchev–Trinajstić information content (AvgIpc) is 2.82. The molecular weight excluding hydrogens is 243 g/mol. The van der Waals surface area contributed by atoms with E-state index in [2.05, 4.69) is 10.1 Å². The van der Waals surface area contributed by atoms with Gasteiger partial charge in [0.15, 0.2) is 0 Å². The van der Waals surface area contributed by atoms with E-state index in [9.17, 15) is 4.39 Å². The summed E-state index contributed by atoms with van der Waals surface area (Å²) < 4.78 is 15.4. The minimum atomic E-state index is -0.339. The normalized spacial score (nSPS) is 10.6. The minimum absolute atomic E-state index is 0.339. The lowest BCUT2D eigenvalue weighted by Crippen LogP contribution is -1.95. The predicted octanol–water partition coefficient (Wildman–Crippen LogP) is 2.66. The molecule has 0 aliphatic heterocycles. The van der Waals surface area contributed by atoms with Crippen LogP contribution in [0.15, 0.2) is 55.0 Å². The van der Waals surface area contributed by atoms with Gasteiger partial charge in [-0.2, -0.15) is 5.10 Å². The molecule has 0 unspecified atom stereocenters. The third-order valence-electron chi connectivity index (χ3n) is 2.80. The Hall–Kier alpha value is -2.69. The molecule has 0 atom stereocenters. The van der Waals surface area contributed by atoms with Crippen LogP contribution in [0.1, 0.15) is 0 Å². The third-order valence-corrected chi connectivity index (χ3v) is 2.80. The van der Waals surface area contributed by atoms with Crippen molar-refractivity contribution in [3.63, 3.8) is 0 Å². The lowest BCUT2D eigenvalue weighted by molar-refractivity contribution is 0.630. The molecule has 0 amide bonds. The number of aromatic nitrogens is 3. The van der Waals surface area contributed by atoms with Gasteiger partial charge in [-0.3, -0.25) is 4.98 Å². The maximum atomic E-state index is 13.8. The molecule has 4 nitrogen and oxygen atoms in total. The van der Waals surface area contributed by atoms with E-state index in [4.69, 9.17) is 5.73 Å². The molecule has 19 heavy (non-hydrogen) atoms. The molecule has 0 bridgehead atoms. The molecule has 94 valence electrons. The van der Waals surface area contributed by atoms with Crippen LogP contribution in [0.4, 0.5) is 10.1 Å². The van der Waals surface area contributed by atoms with Gasteiger partial charge in [0.25, 0.3) is 0 Å². The molecule has 0 spiro atoms. The zero-order valence-corrected chi connectivity index (χ0v) is 9.99. The van der Waals surface area contributed by atoms with Gasteiger partial charge in [-0.15, -0.1) is 0 Å². The van der Waals surface area contributed by atoms with Gasteiger partial charge in [0.05, 0.1) is 17.6 Å². The van der Waals surface area contributed by atoms with Crippen molar-refractivity contribution in [2.24, 2.45) is 0 Å². The summed E-state index contributed by atoms with van der Waals surface area (Å²) in [6.07, 6.45) is 4.99. The van der Waals surface area contributed by atoms with Crippen LogP contribution in [0.5, 0.6) is 0 Å². The molecule has 2 heterocycles. The molecular formula is C14H11FN4. The fourth-order valence-electron chi connectivity index (χ4n) is 1.88. The highest BCUT2D eigenvalue weighted by atomic mass is 19.1. The van der Waals surface area contributed by atoms with Gasteiger partial charge >= 0.3 is 0 Å². The van der Waals surface area contributed by atoms with Crippen molar-refractivity contribution >= 4 is 5.69 Å². The average molecular weight is 254 g/mol. The molecule has 0 radical (unpaired) electrons. The predicted molar refractivity (Wildman–Crippen MR) is 71.2 cm³/mol. The zero-order chi connectivity index (χ0) is 13.2. The molecule has 2 aromatic heterocycles. The number of anilines is 1. The number of nitrogens with zero attached hydrogens (tertiary/aromatic N) is 3. The van der Waals surface area contributed by atoms with Gasteiger partial charge in [-0.25, -0.2) is 9.07 Å². The Bertz CT molecular complexity index is 706. The Morgan fingerprint density at radius 3 is 2.53 bits per heavy atom. The quantitative estimate of drug-likeness (QED) is 0.764. The first-order valence-electron chi connectivity index (χ1n) is 5.76. The number of rotatable bonds is 2. The fraction of sp³-hybridized carbons (Fsp3) is 0. The van der Waals surface area contributed by atoms with Crippen molar-refractivity contribution in [1.29, 1.82) is 0 Å². The summed E-state index contributed by atoms with van der Waals surface area (Å²) in [4.78, 5) is 3.94. The highest BCUT2D eigenvalue weighted by Crippen LogP contribution is 2.27. The number of nitrogen functional groups attached to an aromatic ring is 1. The summed E-state index contributed by atoms with van der Waals surface area (Å²) in [7, 11) is 0. The largest absolute Gasteiger partial charge is 0.396 e. The summed E-state index contributed by atoms with van der Waals surface area (Å²) in [6, 6.07) is 10.0. The highest BCUT2D eigenvalue weighted by Gasteiger charge is 2.12. The van der Waals surface area contributed by atoms with Crippen molar-refractivity contribution in [2.75, 3.05) is 5.73 Å². The zero-order valence-electron chi connectivity index (χ0n) is 9.99. The fourth-order valence-corrected chi connectivity index (χ4v) is 1.88. The Labute approximate surface area is 109 Å². The van der Waals surface area contributed by atoms with E-state index in [-0.39, 0.29) is 5.82 Å². The molecule has 1 aromatic carbocycles. The van der Waals surface area contributed by atoms with E-state index >= 15 is 0 Å². The van der Waals surface area contributed by atoms with Crippen molar-refractivity contribution in [3.05, 3.63) is 60.8 Å². The second-order valence-corrected chi connectivity index (χ2v) is 4.06. The second kappa shape index (κ2) is 4.53. The molecule has 3 rings (SSSR count). The van der Waals surface area contributed by atoms with E-state index in [0.717, 1.165) is 5.69 Å². The number of hydrogen-bond donors (Lipinski definition) is 1. The van der Waals surface area contributed by atoms with E-state index in [1.807, 2.05) is 0 Å². The Morgan fingerprint density at radius 2 is 1.79 bits per heavy atom. The Morgan fingerprint density at radius 1 is 1.05 bits per heavy atom. The van der Waals surface area contributed by atoms with E-state index in [1.165, 1.54) is 6.07 Å². The van der Waals surface area contributed by atoms with Gasteiger partial charge in [0, 0.05) is 18.0 Å². The molecule has 5 heteroatoms. The monoisotopic (exact) mass is 254 g/mol. The standard InChI is InChI=1S/C14H11FN4/c15-12-4-2-1-3-11(12)14-13(16)9-19(18-14)10-5-7-17-8-6-10/h1-9H,16H2. The van der Waals surface area contributed by atoms with Crippen molar-refractivity contribution in [3.8, 4) is 16.9 Å². The van der Waals surface area contributed by atoms with Crippen LogP contribution in [0.2, 0.25) is 0 Å². The summed E-state index contributed by atoms with van der Waals surface area (Å²) in [5.41, 5.74) is 8.01.